The van der Waals surface area contributed by atoms with E-state index in [9.17, 15) is 13.2 Å². The van der Waals surface area contributed by atoms with E-state index in [2.05, 4.69) is 4.99 Å². The fourth-order valence-corrected chi connectivity index (χ4v) is 0.670. The first-order chi connectivity index (χ1) is 4.11. The van der Waals surface area contributed by atoms with Crippen LogP contribution in [0.2, 0.25) is 0 Å². The van der Waals surface area contributed by atoms with Crippen LogP contribution in [-0.4, -0.2) is 18.9 Å². The Hall–Kier alpha value is -0.540. The third-order valence-electron chi connectivity index (χ3n) is 1.17. The van der Waals surface area contributed by atoms with Crippen molar-refractivity contribution in [2.45, 2.75) is 12.6 Å². The molecule has 1 unspecified atom stereocenters. The summed E-state index contributed by atoms with van der Waals surface area (Å²) in [4.78, 5) is 3.36. The van der Waals surface area contributed by atoms with Crippen molar-refractivity contribution in [1.29, 1.82) is 0 Å². The Balaban J connectivity index is 2.53. The van der Waals surface area contributed by atoms with Crippen LogP contribution < -0.4 is 0 Å². The molecule has 1 aliphatic rings. The molecule has 0 aromatic heterocycles. The number of aliphatic imine (C=N–C) groups is 1. The van der Waals surface area contributed by atoms with Crippen LogP contribution in [0.4, 0.5) is 13.2 Å². The maximum atomic E-state index is 11.6. The summed E-state index contributed by atoms with van der Waals surface area (Å²) in [5, 5.41) is 0. The first kappa shape index (κ1) is 6.58. The molecule has 1 heterocycles. The molecule has 1 rings (SSSR count). The molecule has 0 saturated heterocycles. The Kier molecular flexibility index (Phi) is 1.47. The lowest BCUT2D eigenvalue weighted by Crippen LogP contribution is -2.21. The smallest absolute Gasteiger partial charge is 0.287 e. The normalized spacial score (nSPS) is 27.2. The van der Waals surface area contributed by atoms with Crippen LogP contribution >= 0.6 is 0 Å². The van der Waals surface area contributed by atoms with E-state index in [0.717, 1.165) is 0 Å². The molecule has 0 aromatic carbocycles. The lowest BCUT2D eigenvalue weighted by Gasteiger charge is -2.08. The minimum atomic E-state index is -4.12. The summed E-state index contributed by atoms with van der Waals surface area (Å²) < 4.78 is 34.9. The molecule has 0 amide bonds. The summed E-state index contributed by atoms with van der Waals surface area (Å²) >= 11 is 0. The zero-order chi connectivity index (χ0) is 6.91. The van der Waals surface area contributed by atoms with Gasteiger partial charge in [-0.1, -0.05) is 0 Å². The SMILES string of the molecule is FC(F)(F)C1[C]=NCC1. The third-order valence-corrected chi connectivity index (χ3v) is 1.17. The average Bonchev–Trinajstić information content (AvgIpc) is 2.08. The topological polar surface area (TPSA) is 12.4 Å². The van der Waals surface area contributed by atoms with Gasteiger partial charge in [-0.2, -0.15) is 13.2 Å². The summed E-state index contributed by atoms with van der Waals surface area (Å²) in [6, 6.07) is 0. The second-order valence-corrected chi connectivity index (χ2v) is 1.89. The van der Waals surface area contributed by atoms with Gasteiger partial charge in [0, 0.05) is 6.54 Å². The first-order valence-electron chi connectivity index (χ1n) is 2.59. The van der Waals surface area contributed by atoms with Gasteiger partial charge in [0.15, 0.2) is 0 Å². The number of alkyl halides is 3. The number of rotatable bonds is 0. The van der Waals surface area contributed by atoms with Gasteiger partial charge in [0.25, 0.3) is 0 Å². The molecule has 0 bridgehead atoms. The molecule has 0 N–H and O–H groups in total. The first-order valence-corrected chi connectivity index (χ1v) is 2.59. The van der Waals surface area contributed by atoms with E-state index < -0.39 is 12.1 Å². The van der Waals surface area contributed by atoms with Crippen molar-refractivity contribution in [3.8, 4) is 0 Å². The van der Waals surface area contributed by atoms with E-state index in [1.807, 2.05) is 6.21 Å². The summed E-state index contributed by atoms with van der Waals surface area (Å²) in [6.45, 7) is 0.268. The van der Waals surface area contributed by atoms with Crippen LogP contribution in [0.1, 0.15) is 6.42 Å². The fourth-order valence-electron chi connectivity index (χ4n) is 0.670. The van der Waals surface area contributed by atoms with Crippen molar-refractivity contribution in [1.82, 2.24) is 0 Å². The monoisotopic (exact) mass is 136 g/mol. The van der Waals surface area contributed by atoms with Crippen molar-refractivity contribution >= 4 is 6.21 Å². The molecule has 0 fully saturated rings. The molecule has 1 nitrogen and oxygen atoms in total. The standard InChI is InChI=1S/C5H5F3N/c6-5(7,8)4-1-2-9-3-4/h4H,1-2H2. The van der Waals surface area contributed by atoms with Crippen molar-refractivity contribution in [3.05, 3.63) is 0 Å². The lowest BCUT2D eigenvalue weighted by molar-refractivity contribution is -0.153. The van der Waals surface area contributed by atoms with Crippen molar-refractivity contribution in [3.63, 3.8) is 0 Å². The molecular formula is C5H5F3N. The van der Waals surface area contributed by atoms with Gasteiger partial charge in [-0.3, -0.25) is 4.99 Å². The lowest BCUT2D eigenvalue weighted by atomic mass is 10.1. The predicted octanol–water partition coefficient (Wildman–Crippen LogP) is 1.52. The highest BCUT2D eigenvalue weighted by Gasteiger charge is 2.39. The van der Waals surface area contributed by atoms with Crippen LogP contribution in [0.3, 0.4) is 0 Å². The minimum absolute atomic E-state index is 0.0729. The van der Waals surface area contributed by atoms with Gasteiger partial charge in [0.2, 0.25) is 0 Å². The highest BCUT2D eigenvalue weighted by molar-refractivity contribution is 5.63. The Labute approximate surface area is 50.6 Å². The molecule has 1 radical (unpaired) electrons. The van der Waals surface area contributed by atoms with E-state index in [1.165, 1.54) is 0 Å². The van der Waals surface area contributed by atoms with E-state index in [-0.39, 0.29) is 13.0 Å². The van der Waals surface area contributed by atoms with E-state index >= 15 is 0 Å². The van der Waals surface area contributed by atoms with Gasteiger partial charge < -0.3 is 0 Å². The van der Waals surface area contributed by atoms with Gasteiger partial charge in [0.1, 0.15) is 5.92 Å². The molecule has 0 aromatic rings. The molecule has 1 aliphatic heterocycles. The van der Waals surface area contributed by atoms with E-state index in [1.54, 1.807) is 0 Å². The van der Waals surface area contributed by atoms with Crippen molar-refractivity contribution < 1.29 is 13.2 Å². The largest absolute Gasteiger partial charge is 0.397 e. The van der Waals surface area contributed by atoms with Crippen LogP contribution in [0.25, 0.3) is 0 Å². The Bertz CT molecular complexity index is 127. The quantitative estimate of drug-likeness (QED) is 0.478. The number of halogens is 3. The van der Waals surface area contributed by atoms with Crippen LogP contribution in [-0.2, 0) is 0 Å². The summed E-state index contributed by atoms with van der Waals surface area (Å²) in [7, 11) is 0. The van der Waals surface area contributed by atoms with Crippen molar-refractivity contribution in [2.24, 2.45) is 10.9 Å². The maximum absolute atomic E-state index is 11.6. The van der Waals surface area contributed by atoms with E-state index in [0.29, 0.717) is 0 Å². The zero-order valence-corrected chi connectivity index (χ0v) is 4.57. The molecular weight excluding hydrogens is 131 g/mol. The Morgan fingerprint density at radius 3 is 2.33 bits per heavy atom. The van der Waals surface area contributed by atoms with Crippen LogP contribution in [0, 0.1) is 5.92 Å². The molecule has 0 aliphatic carbocycles. The van der Waals surface area contributed by atoms with Crippen LogP contribution in [0.15, 0.2) is 4.99 Å². The van der Waals surface area contributed by atoms with Gasteiger partial charge in [-0.25, -0.2) is 0 Å². The highest BCUT2D eigenvalue weighted by atomic mass is 19.4. The predicted molar refractivity (Wildman–Crippen MR) is 26.5 cm³/mol. The summed E-state index contributed by atoms with van der Waals surface area (Å²) in [5.74, 6) is -1.41. The third kappa shape index (κ3) is 1.43. The zero-order valence-electron chi connectivity index (χ0n) is 4.57. The summed E-state index contributed by atoms with van der Waals surface area (Å²) in [5.41, 5.74) is 0. The Morgan fingerprint density at radius 2 is 2.11 bits per heavy atom. The molecule has 9 heavy (non-hydrogen) atoms. The minimum Gasteiger partial charge on any atom is -0.287 e. The average molecular weight is 136 g/mol. The number of hydrogen-bond donors (Lipinski definition) is 0. The van der Waals surface area contributed by atoms with Gasteiger partial charge in [-0.15, -0.1) is 0 Å². The molecule has 51 valence electrons. The molecule has 4 heteroatoms. The second kappa shape index (κ2) is 2.01. The summed E-state index contributed by atoms with van der Waals surface area (Å²) in [6.07, 6.45) is -2.06. The van der Waals surface area contributed by atoms with Crippen molar-refractivity contribution in [2.75, 3.05) is 6.54 Å². The maximum Gasteiger partial charge on any atom is 0.397 e. The van der Waals surface area contributed by atoms with Crippen LogP contribution in [0.5, 0.6) is 0 Å². The highest BCUT2D eigenvalue weighted by Crippen LogP contribution is 2.29. The molecule has 0 saturated carbocycles. The number of nitrogens with zero attached hydrogens (tertiary/aromatic N) is 1. The van der Waals surface area contributed by atoms with Gasteiger partial charge >= 0.3 is 6.18 Å². The van der Waals surface area contributed by atoms with E-state index in [4.69, 9.17) is 0 Å². The second-order valence-electron chi connectivity index (χ2n) is 1.89. The number of hydrogen-bond acceptors (Lipinski definition) is 1. The van der Waals surface area contributed by atoms with Gasteiger partial charge in [-0.05, 0) is 6.42 Å². The van der Waals surface area contributed by atoms with Gasteiger partial charge in [0.05, 0.1) is 6.21 Å². The Morgan fingerprint density at radius 1 is 1.44 bits per heavy atom. The molecule has 1 atom stereocenters. The molecule has 0 spiro atoms. The fraction of sp³-hybridized carbons (Fsp3) is 0.800.